The molecule has 0 aliphatic heterocycles. The zero-order valence-corrected chi connectivity index (χ0v) is 34.4. The molecule has 0 bridgehead atoms. The van der Waals surface area contributed by atoms with E-state index in [2.05, 4.69) is 170 Å². The highest BCUT2D eigenvalue weighted by Crippen LogP contribution is 2.47. The molecule has 266 valence electrons. The van der Waals surface area contributed by atoms with Crippen molar-refractivity contribution in [2.24, 2.45) is 5.92 Å². The van der Waals surface area contributed by atoms with Crippen LogP contribution in [-0.2, 0) is 0 Å². The van der Waals surface area contributed by atoms with E-state index in [-0.39, 0.29) is 0 Å². The van der Waals surface area contributed by atoms with Crippen molar-refractivity contribution >= 4 is 93.0 Å². The van der Waals surface area contributed by atoms with Crippen molar-refractivity contribution in [2.75, 3.05) is 9.80 Å². The average molecular weight is 726 g/mol. The summed E-state index contributed by atoms with van der Waals surface area (Å²) in [6.07, 6.45) is 4.96. The van der Waals surface area contributed by atoms with Crippen LogP contribution < -0.4 is 20.2 Å². The lowest BCUT2D eigenvalue weighted by atomic mass is 9.85. The van der Waals surface area contributed by atoms with Crippen molar-refractivity contribution in [3.8, 4) is 0 Å². The molecule has 0 spiro atoms. The normalized spacial score (nSPS) is 16.6. The van der Waals surface area contributed by atoms with Gasteiger partial charge in [0.15, 0.2) is 5.69 Å². The van der Waals surface area contributed by atoms with Gasteiger partial charge in [-0.1, -0.05) is 129 Å². The minimum atomic E-state index is -1.47. The van der Waals surface area contributed by atoms with E-state index in [9.17, 15) is 0 Å². The maximum Gasteiger partial charge on any atom is 0.187 e. The van der Waals surface area contributed by atoms with Crippen LogP contribution in [0.3, 0.4) is 0 Å². The van der Waals surface area contributed by atoms with Gasteiger partial charge in [-0.15, -0.1) is 0 Å². The van der Waals surface area contributed by atoms with E-state index in [0.717, 1.165) is 23.0 Å². The van der Waals surface area contributed by atoms with Gasteiger partial charge in [-0.05, 0) is 102 Å². The summed E-state index contributed by atoms with van der Waals surface area (Å²) in [6, 6.07) is 46.0. The van der Waals surface area contributed by atoms with E-state index in [4.69, 9.17) is 6.57 Å². The zero-order chi connectivity index (χ0) is 37.1. The highest BCUT2D eigenvalue weighted by atomic mass is 28.3. The highest BCUT2D eigenvalue weighted by Gasteiger charge is 2.29. The lowest BCUT2D eigenvalue weighted by molar-refractivity contribution is 0.346. The lowest BCUT2D eigenvalue weighted by Crippen LogP contribution is -2.38. The maximum atomic E-state index is 7.58. The monoisotopic (exact) mass is 725 g/mol. The largest absolute Gasteiger partial charge is 0.338 e. The summed E-state index contributed by atoms with van der Waals surface area (Å²) in [5.74, 6) is 0.786. The molecule has 1 fully saturated rings. The van der Waals surface area contributed by atoms with Gasteiger partial charge in [-0.25, -0.2) is 4.85 Å². The topological polar surface area (TPSA) is 10.8 Å². The van der Waals surface area contributed by atoms with E-state index in [0.29, 0.717) is 11.7 Å². The van der Waals surface area contributed by atoms with Gasteiger partial charge in [0.2, 0.25) is 0 Å². The Kier molecular flexibility index (Phi) is 8.96. The first-order chi connectivity index (χ1) is 25.4. The van der Waals surface area contributed by atoms with Crippen LogP contribution in [0, 0.1) is 12.5 Å². The molecule has 5 heteroatoms. The molecule has 0 unspecified atom stereocenters. The molecule has 53 heavy (non-hydrogen) atoms. The second-order valence-electron chi connectivity index (χ2n) is 17.4. The summed E-state index contributed by atoms with van der Waals surface area (Å²) in [4.78, 5) is 8.76. The van der Waals surface area contributed by atoms with Gasteiger partial charge in [-0.2, -0.15) is 0 Å². The van der Waals surface area contributed by atoms with Crippen molar-refractivity contribution in [3.05, 3.63) is 133 Å². The maximum absolute atomic E-state index is 7.58. The molecule has 1 saturated carbocycles. The molecular weight excluding hydrogens is 675 g/mol. The smallest absolute Gasteiger partial charge is 0.187 e. The molecule has 8 rings (SSSR count). The fourth-order valence-electron chi connectivity index (χ4n) is 8.56. The minimum absolute atomic E-state index is 0.464. The number of benzene rings is 7. The van der Waals surface area contributed by atoms with Gasteiger partial charge in [0.25, 0.3) is 0 Å². The first-order valence-electron chi connectivity index (χ1n) is 19.4. The van der Waals surface area contributed by atoms with Crippen molar-refractivity contribution in [1.82, 2.24) is 0 Å². The summed E-state index contributed by atoms with van der Waals surface area (Å²) >= 11 is 0. The molecule has 1 aliphatic carbocycles. The zero-order valence-electron chi connectivity index (χ0n) is 32.4. The Labute approximate surface area is 318 Å². The van der Waals surface area contributed by atoms with Crippen LogP contribution in [0.1, 0.15) is 32.6 Å². The summed E-state index contributed by atoms with van der Waals surface area (Å²) in [5.41, 5.74) is 6.58. The van der Waals surface area contributed by atoms with Crippen LogP contribution in [0.2, 0.25) is 39.3 Å². The third-order valence-electron chi connectivity index (χ3n) is 11.7. The van der Waals surface area contributed by atoms with Gasteiger partial charge in [-0.3, -0.25) is 0 Å². The van der Waals surface area contributed by atoms with E-state index >= 15 is 0 Å². The molecule has 1 aliphatic rings. The molecule has 7 aromatic rings. The summed E-state index contributed by atoms with van der Waals surface area (Å²) < 4.78 is 0. The number of anilines is 5. The predicted molar refractivity (Wildman–Crippen MR) is 237 cm³/mol. The third-order valence-corrected chi connectivity index (χ3v) is 15.8. The van der Waals surface area contributed by atoms with E-state index < -0.39 is 16.1 Å². The third kappa shape index (κ3) is 6.53. The second-order valence-corrected chi connectivity index (χ2v) is 27.6. The molecule has 0 heterocycles. The van der Waals surface area contributed by atoms with E-state index in [1.54, 1.807) is 0 Å². The van der Waals surface area contributed by atoms with Gasteiger partial charge in [0.05, 0.1) is 28.4 Å². The Bertz CT molecular complexity index is 2440. The SMILES string of the molecule is [C-]#[N+]c1ccc(N(c2ccc([Si](C)(C)C)cc2)c2ccc3ccc4c(N(c5ccc([Si](C)(C)C)cc5)C5CCC(C)CC5)ccc5ccc2c3c54)cc1. The number of hydrogen-bond acceptors (Lipinski definition) is 2. The van der Waals surface area contributed by atoms with Crippen molar-refractivity contribution in [1.29, 1.82) is 0 Å². The molecule has 7 aromatic carbocycles. The van der Waals surface area contributed by atoms with Crippen molar-refractivity contribution < 1.29 is 0 Å². The van der Waals surface area contributed by atoms with E-state index in [1.165, 1.54) is 79.7 Å². The molecular formula is C48H51N3Si2. The van der Waals surface area contributed by atoms with Crippen LogP contribution in [0.15, 0.2) is 121 Å². The fraction of sp³-hybridized carbons (Fsp3) is 0.271. The Hall–Kier alpha value is -4.90. The Morgan fingerprint density at radius 3 is 1.43 bits per heavy atom. The van der Waals surface area contributed by atoms with Crippen LogP contribution >= 0.6 is 0 Å². The Balaban J connectivity index is 1.33. The summed E-state index contributed by atoms with van der Waals surface area (Å²) in [7, 11) is -2.89. The summed E-state index contributed by atoms with van der Waals surface area (Å²) in [5, 5.41) is 10.7. The number of hydrogen-bond donors (Lipinski definition) is 0. The summed E-state index contributed by atoms with van der Waals surface area (Å²) in [6.45, 7) is 24.5. The van der Waals surface area contributed by atoms with Crippen LogP contribution in [0.5, 0.6) is 0 Å². The Morgan fingerprint density at radius 1 is 0.509 bits per heavy atom. The Morgan fingerprint density at radius 2 is 0.943 bits per heavy atom. The van der Waals surface area contributed by atoms with Gasteiger partial charge in [0, 0.05) is 39.6 Å². The number of rotatable bonds is 8. The van der Waals surface area contributed by atoms with Crippen LogP contribution in [0.25, 0.3) is 37.2 Å². The average Bonchev–Trinajstić information content (AvgIpc) is 3.15. The first-order valence-corrected chi connectivity index (χ1v) is 26.4. The highest BCUT2D eigenvalue weighted by molar-refractivity contribution is 6.89. The van der Waals surface area contributed by atoms with Crippen molar-refractivity contribution in [3.63, 3.8) is 0 Å². The first kappa shape index (κ1) is 35.2. The molecule has 0 aromatic heterocycles. The molecule has 0 N–H and O–H groups in total. The van der Waals surface area contributed by atoms with Crippen LogP contribution in [0.4, 0.5) is 34.1 Å². The van der Waals surface area contributed by atoms with Gasteiger partial charge in [0.1, 0.15) is 0 Å². The standard InChI is InChI=1S/C48H51N3Si2/c1-33-9-17-37(18-10-33)50(39-21-25-41(26-22-39)52(3,4)5)45-31-13-34-12-30-44-46(32-14-35-11-29-43(45)47(34)48(35)44)51(38-19-15-36(49-2)16-20-38)40-23-27-42(28-24-40)53(6,7)8/h11-16,19-33,37H,9-10,17-18H2,1,3-8H3. The number of nitrogens with zero attached hydrogens (tertiary/aromatic N) is 3. The molecule has 0 amide bonds. The molecule has 0 atom stereocenters. The molecule has 0 radical (unpaired) electrons. The van der Waals surface area contributed by atoms with Crippen LogP contribution in [-0.4, -0.2) is 22.2 Å². The second kappa shape index (κ2) is 13.5. The molecule has 0 saturated heterocycles. The van der Waals surface area contributed by atoms with Gasteiger partial charge < -0.3 is 9.80 Å². The quantitative estimate of drug-likeness (QED) is 0.0877. The lowest BCUT2D eigenvalue weighted by Gasteiger charge is -2.39. The molecule has 3 nitrogen and oxygen atoms in total. The van der Waals surface area contributed by atoms with E-state index in [1.807, 2.05) is 12.1 Å². The predicted octanol–water partition coefficient (Wildman–Crippen LogP) is 13.4. The minimum Gasteiger partial charge on any atom is -0.338 e. The van der Waals surface area contributed by atoms with Gasteiger partial charge >= 0.3 is 0 Å². The fourth-order valence-corrected chi connectivity index (χ4v) is 10.9. The van der Waals surface area contributed by atoms with Crippen molar-refractivity contribution in [2.45, 2.75) is 77.9 Å².